The largest absolute Gasteiger partial charge is 0.384 e. The number of nitrogens with two attached hydrogens (primary N) is 1. The third kappa shape index (κ3) is 3.14. The number of rotatable bonds is 2. The Morgan fingerprint density at radius 1 is 1.09 bits per heavy atom. The number of nitrogens with zero attached hydrogens (tertiary/aromatic N) is 3. The molecule has 0 bridgehead atoms. The van der Waals surface area contributed by atoms with Crippen LogP contribution in [0, 0.1) is 0 Å². The van der Waals surface area contributed by atoms with E-state index < -0.39 is 0 Å². The van der Waals surface area contributed by atoms with Crippen LogP contribution in [0.2, 0.25) is 5.02 Å². The molecule has 2 aromatic rings. The van der Waals surface area contributed by atoms with Gasteiger partial charge in [-0.2, -0.15) is 0 Å². The average molecular weight is 317 g/mol. The Morgan fingerprint density at radius 3 is 2.50 bits per heavy atom. The number of piperazine rings is 1. The molecule has 0 spiro atoms. The van der Waals surface area contributed by atoms with Gasteiger partial charge in [0, 0.05) is 36.9 Å². The second kappa shape index (κ2) is 6.23. The Balaban J connectivity index is 1.65. The van der Waals surface area contributed by atoms with Gasteiger partial charge in [-0.15, -0.1) is 0 Å². The first-order valence-corrected chi connectivity index (χ1v) is 7.53. The Labute approximate surface area is 134 Å². The number of benzene rings is 1. The molecule has 0 atom stereocenters. The normalized spacial score (nSPS) is 15.0. The van der Waals surface area contributed by atoms with E-state index in [9.17, 15) is 4.79 Å². The van der Waals surface area contributed by atoms with Gasteiger partial charge in [0.2, 0.25) is 0 Å². The van der Waals surface area contributed by atoms with Crippen molar-refractivity contribution in [1.29, 1.82) is 0 Å². The minimum Gasteiger partial charge on any atom is -0.384 e. The maximum absolute atomic E-state index is 12.4. The van der Waals surface area contributed by atoms with Gasteiger partial charge in [-0.05, 0) is 30.3 Å². The van der Waals surface area contributed by atoms with E-state index in [2.05, 4.69) is 9.88 Å². The number of hydrogen-bond acceptors (Lipinski definition) is 4. The quantitative estimate of drug-likeness (QED) is 0.923. The van der Waals surface area contributed by atoms with E-state index in [1.54, 1.807) is 18.2 Å². The van der Waals surface area contributed by atoms with E-state index in [1.807, 2.05) is 29.2 Å². The third-order valence-corrected chi connectivity index (χ3v) is 3.97. The lowest BCUT2D eigenvalue weighted by molar-refractivity contribution is 0.0741. The van der Waals surface area contributed by atoms with Crippen LogP contribution in [-0.2, 0) is 0 Å². The van der Waals surface area contributed by atoms with Crippen molar-refractivity contribution in [2.24, 2.45) is 0 Å². The maximum atomic E-state index is 12.4. The molecule has 3 rings (SSSR count). The molecule has 0 unspecified atom stereocenters. The number of aromatic nitrogens is 1. The molecule has 0 saturated carbocycles. The number of carbonyl (C=O) groups is 1. The molecule has 114 valence electrons. The summed E-state index contributed by atoms with van der Waals surface area (Å²) in [7, 11) is 0. The third-order valence-electron chi connectivity index (χ3n) is 3.73. The number of pyridine rings is 1. The molecule has 5 nitrogen and oxygen atoms in total. The lowest BCUT2D eigenvalue weighted by atomic mass is 10.2. The lowest BCUT2D eigenvalue weighted by Crippen LogP contribution is -2.49. The van der Waals surface area contributed by atoms with Crippen molar-refractivity contribution in [2.45, 2.75) is 0 Å². The number of nitrogen functional groups attached to an aromatic ring is 1. The molecule has 0 aliphatic carbocycles. The van der Waals surface area contributed by atoms with Crippen molar-refractivity contribution in [3.8, 4) is 0 Å². The van der Waals surface area contributed by atoms with Crippen molar-refractivity contribution in [2.75, 3.05) is 36.8 Å². The summed E-state index contributed by atoms with van der Waals surface area (Å²) in [6, 6.07) is 12.9. The van der Waals surface area contributed by atoms with Crippen LogP contribution in [-0.4, -0.2) is 42.0 Å². The summed E-state index contributed by atoms with van der Waals surface area (Å²) in [5.74, 6) is 0.293. The molecular formula is C16H17ClN4O. The minimum absolute atomic E-state index is 0.0713. The van der Waals surface area contributed by atoms with Crippen molar-refractivity contribution >= 4 is 29.0 Å². The van der Waals surface area contributed by atoms with Crippen LogP contribution in [0.1, 0.15) is 10.5 Å². The summed E-state index contributed by atoms with van der Waals surface area (Å²) in [6.07, 6.45) is 0. The Kier molecular flexibility index (Phi) is 4.15. The zero-order chi connectivity index (χ0) is 15.5. The fraction of sp³-hybridized carbons (Fsp3) is 0.250. The first-order valence-electron chi connectivity index (χ1n) is 7.16. The Morgan fingerprint density at radius 2 is 1.82 bits per heavy atom. The second-order valence-corrected chi connectivity index (χ2v) is 5.64. The fourth-order valence-corrected chi connectivity index (χ4v) is 2.76. The van der Waals surface area contributed by atoms with Gasteiger partial charge in [-0.1, -0.05) is 23.7 Å². The van der Waals surface area contributed by atoms with Gasteiger partial charge < -0.3 is 15.5 Å². The number of carbonyl (C=O) groups excluding carboxylic acids is 1. The summed E-state index contributed by atoms with van der Waals surface area (Å²) in [5, 5.41) is 0.722. The van der Waals surface area contributed by atoms with E-state index in [0.29, 0.717) is 24.6 Å². The molecule has 1 fully saturated rings. The summed E-state index contributed by atoms with van der Waals surface area (Å²) in [5.41, 5.74) is 7.12. The smallest absolute Gasteiger partial charge is 0.272 e. The van der Waals surface area contributed by atoms with E-state index in [4.69, 9.17) is 17.3 Å². The zero-order valence-corrected chi connectivity index (χ0v) is 12.8. The van der Waals surface area contributed by atoms with Gasteiger partial charge >= 0.3 is 0 Å². The van der Waals surface area contributed by atoms with Crippen molar-refractivity contribution < 1.29 is 4.79 Å². The van der Waals surface area contributed by atoms with Crippen LogP contribution in [0.15, 0.2) is 42.5 Å². The summed E-state index contributed by atoms with van der Waals surface area (Å²) in [6.45, 7) is 2.85. The predicted molar refractivity (Wildman–Crippen MR) is 88.2 cm³/mol. The van der Waals surface area contributed by atoms with Crippen molar-refractivity contribution in [3.63, 3.8) is 0 Å². The zero-order valence-electron chi connectivity index (χ0n) is 12.1. The van der Waals surface area contributed by atoms with Crippen LogP contribution >= 0.6 is 11.6 Å². The molecule has 1 aliphatic heterocycles. The SMILES string of the molecule is Nc1cccc(C(=O)N2CCN(c3cccc(Cl)c3)CC2)n1. The highest BCUT2D eigenvalue weighted by Gasteiger charge is 2.23. The summed E-state index contributed by atoms with van der Waals surface area (Å²) < 4.78 is 0. The first-order chi connectivity index (χ1) is 10.6. The van der Waals surface area contributed by atoms with Crippen LogP contribution in [0.5, 0.6) is 0 Å². The maximum Gasteiger partial charge on any atom is 0.272 e. The minimum atomic E-state index is -0.0713. The van der Waals surface area contributed by atoms with Gasteiger partial charge in [0.25, 0.3) is 5.91 Å². The fourth-order valence-electron chi connectivity index (χ4n) is 2.57. The molecule has 1 aliphatic rings. The molecule has 1 saturated heterocycles. The highest BCUT2D eigenvalue weighted by molar-refractivity contribution is 6.30. The number of amides is 1. The molecule has 0 radical (unpaired) electrons. The molecule has 2 heterocycles. The standard InChI is InChI=1S/C16H17ClN4O/c17-12-3-1-4-13(11-12)20-7-9-21(10-8-20)16(22)14-5-2-6-15(18)19-14/h1-6,11H,7-10H2,(H2,18,19). The van der Waals surface area contributed by atoms with Crippen LogP contribution < -0.4 is 10.6 Å². The predicted octanol–water partition coefficient (Wildman–Crippen LogP) is 2.28. The molecule has 22 heavy (non-hydrogen) atoms. The van der Waals surface area contributed by atoms with Crippen molar-refractivity contribution in [1.82, 2.24) is 9.88 Å². The van der Waals surface area contributed by atoms with Gasteiger partial charge in [0.05, 0.1) is 0 Å². The highest BCUT2D eigenvalue weighted by atomic mass is 35.5. The van der Waals surface area contributed by atoms with E-state index in [-0.39, 0.29) is 5.91 Å². The molecule has 2 N–H and O–H groups in total. The molecule has 1 aromatic heterocycles. The molecular weight excluding hydrogens is 300 g/mol. The molecule has 1 amide bonds. The summed E-state index contributed by atoms with van der Waals surface area (Å²) >= 11 is 6.03. The average Bonchev–Trinajstić information content (AvgIpc) is 2.54. The van der Waals surface area contributed by atoms with E-state index in [1.165, 1.54) is 0 Å². The van der Waals surface area contributed by atoms with E-state index >= 15 is 0 Å². The molecule has 1 aromatic carbocycles. The first kappa shape index (κ1) is 14.7. The molecule has 6 heteroatoms. The van der Waals surface area contributed by atoms with Crippen LogP contribution in [0.3, 0.4) is 0 Å². The van der Waals surface area contributed by atoms with Crippen LogP contribution in [0.25, 0.3) is 0 Å². The second-order valence-electron chi connectivity index (χ2n) is 5.21. The highest BCUT2D eigenvalue weighted by Crippen LogP contribution is 2.21. The monoisotopic (exact) mass is 316 g/mol. The number of anilines is 2. The summed E-state index contributed by atoms with van der Waals surface area (Å²) in [4.78, 5) is 20.5. The lowest BCUT2D eigenvalue weighted by Gasteiger charge is -2.36. The number of hydrogen-bond donors (Lipinski definition) is 1. The van der Waals surface area contributed by atoms with Crippen LogP contribution in [0.4, 0.5) is 11.5 Å². The van der Waals surface area contributed by atoms with Gasteiger partial charge in [-0.25, -0.2) is 4.98 Å². The Hall–Kier alpha value is -2.27. The van der Waals surface area contributed by atoms with Crippen molar-refractivity contribution in [3.05, 3.63) is 53.2 Å². The van der Waals surface area contributed by atoms with Gasteiger partial charge in [0.1, 0.15) is 11.5 Å². The van der Waals surface area contributed by atoms with Gasteiger partial charge in [-0.3, -0.25) is 4.79 Å². The van der Waals surface area contributed by atoms with Gasteiger partial charge in [0.15, 0.2) is 0 Å². The van der Waals surface area contributed by atoms with E-state index in [0.717, 1.165) is 23.8 Å². The number of halogens is 1. The topological polar surface area (TPSA) is 62.5 Å². The Bertz CT molecular complexity index is 683.